The van der Waals surface area contributed by atoms with Gasteiger partial charge in [-0.3, -0.25) is 10.1 Å². The second kappa shape index (κ2) is 11.3. The van der Waals surface area contributed by atoms with Crippen LogP contribution in [0.4, 0.5) is 18.0 Å². The van der Waals surface area contributed by atoms with Crippen molar-refractivity contribution in [1.29, 1.82) is 0 Å². The molecule has 0 unspecified atom stereocenters. The van der Waals surface area contributed by atoms with Gasteiger partial charge >= 0.3 is 12.3 Å². The molecule has 0 spiro atoms. The van der Waals surface area contributed by atoms with Crippen LogP contribution in [-0.4, -0.2) is 34.7 Å². The molecule has 2 aromatic rings. The van der Waals surface area contributed by atoms with Crippen LogP contribution < -0.4 is 5.32 Å². The number of oxime groups is 1. The fraction of sp³-hybridized carbons (Fsp3) is 0.346. The number of rotatable bonds is 6. The summed E-state index contributed by atoms with van der Waals surface area (Å²) in [5, 5.41) is 15.0. The average molecular weight is 636 g/mol. The van der Waals surface area contributed by atoms with Crippen LogP contribution in [0.1, 0.15) is 50.3 Å². The van der Waals surface area contributed by atoms with Crippen molar-refractivity contribution >= 4 is 62.4 Å². The van der Waals surface area contributed by atoms with Crippen molar-refractivity contribution in [3.8, 4) is 0 Å². The Hall–Kier alpha value is -2.56. The van der Waals surface area contributed by atoms with Gasteiger partial charge in [0.1, 0.15) is 11.3 Å². The third-order valence-electron chi connectivity index (χ3n) is 5.68. The first-order chi connectivity index (χ1) is 17.5. The van der Waals surface area contributed by atoms with Gasteiger partial charge in [-0.05, 0) is 85.3 Å². The van der Waals surface area contributed by atoms with Crippen LogP contribution in [0.15, 0.2) is 52.1 Å². The molecule has 38 heavy (non-hydrogen) atoms. The van der Waals surface area contributed by atoms with Crippen molar-refractivity contribution in [2.45, 2.75) is 51.8 Å². The molecule has 0 aromatic heterocycles. The Morgan fingerprint density at radius 1 is 1.05 bits per heavy atom. The van der Waals surface area contributed by atoms with Crippen molar-refractivity contribution in [2.75, 3.05) is 0 Å². The quantitative estimate of drug-likeness (QED) is 0.192. The molecule has 1 saturated carbocycles. The number of carbonyl (C=O) groups is 2. The zero-order valence-corrected chi connectivity index (χ0v) is 23.6. The van der Waals surface area contributed by atoms with Gasteiger partial charge in [-0.15, -0.1) is 0 Å². The summed E-state index contributed by atoms with van der Waals surface area (Å²) < 4.78 is 46.8. The van der Waals surface area contributed by atoms with Gasteiger partial charge in [-0.2, -0.15) is 13.2 Å². The lowest BCUT2D eigenvalue weighted by molar-refractivity contribution is -0.125. The summed E-state index contributed by atoms with van der Waals surface area (Å²) in [5.74, 6) is -0.450. The van der Waals surface area contributed by atoms with E-state index in [9.17, 15) is 28.0 Å². The van der Waals surface area contributed by atoms with Gasteiger partial charge in [0.2, 0.25) is 5.91 Å². The number of nitrogens with one attached hydrogen (secondary N) is 1. The third-order valence-corrected chi connectivity index (χ3v) is 6.89. The number of carbonyl (C=O) groups excluding carboxylic acids is 2. The van der Waals surface area contributed by atoms with Gasteiger partial charge in [0.25, 0.3) is 0 Å². The first-order valence-corrected chi connectivity index (χ1v) is 12.9. The van der Waals surface area contributed by atoms with Crippen molar-refractivity contribution in [3.05, 3.63) is 73.7 Å². The largest absolute Gasteiger partial charge is 0.444 e. The summed E-state index contributed by atoms with van der Waals surface area (Å²) in [6.45, 7) is 5.06. The summed E-state index contributed by atoms with van der Waals surface area (Å²) in [6.07, 6.45) is -4.23. The zero-order valence-electron chi connectivity index (χ0n) is 20.5. The van der Waals surface area contributed by atoms with Crippen LogP contribution in [-0.2, 0) is 16.0 Å². The number of benzene rings is 2. The highest BCUT2D eigenvalue weighted by atomic mass is 79.9. The zero-order chi connectivity index (χ0) is 28.5. The normalized spacial score (nSPS) is 16.0. The number of hydrogen-bond donors (Lipinski definition) is 2. The van der Waals surface area contributed by atoms with Crippen molar-refractivity contribution in [3.63, 3.8) is 0 Å². The molecular formula is C26H24BrCl2F3N2O4. The van der Waals surface area contributed by atoms with Crippen LogP contribution in [0.2, 0.25) is 10.0 Å². The van der Waals surface area contributed by atoms with E-state index in [4.69, 9.17) is 27.9 Å². The van der Waals surface area contributed by atoms with Crippen molar-refractivity contribution in [1.82, 2.24) is 5.32 Å². The number of halogens is 6. The number of hydrogen-bond acceptors (Lipinski definition) is 5. The molecule has 0 atom stereocenters. The van der Waals surface area contributed by atoms with Gasteiger partial charge in [0.15, 0.2) is 0 Å². The van der Waals surface area contributed by atoms with Crippen LogP contribution in [0.3, 0.4) is 0 Å². The van der Waals surface area contributed by atoms with Crippen LogP contribution >= 0.6 is 39.1 Å². The maximum atomic E-state index is 14.1. The van der Waals surface area contributed by atoms with Crippen molar-refractivity contribution < 1.29 is 32.7 Å². The van der Waals surface area contributed by atoms with Gasteiger partial charge in [-0.1, -0.05) is 52.6 Å². The number of amides is 2. The number of nitrogens with zero attached hydrogens (tertiary/aromatic N) is 1. The van der Waals surface area contributed by atoms with E-state index in [1.54, 1.807) is 32.9 Å². The standard InChI is InChI=1S/C26H24BrCl2F3N2O4/c1-24(2,3)38-23(36)33-22(35)25(8-9-25)13-14-4-6-15(7-5-14)21(34-37)20(27)19(26(30,31)32)16-10-17(28)12-18(29)11-16/h4-7,10-12,37H,8-9,13H2,1-3H3,(H,33,35,36)/b20-19+,34-21+. The second-order valence-corrected chi connectivity index (χ2v) is 11.6. The summed E-state index contributed by atoms with van der Waals surface area (Å²) in [6, 6.07) is 9.70. The number of imide groups is 1. The highest BCUT2D eigenvalue weighted by Gasteiger charge is 2.50. The summed E-state index contributed by atoms with van der Waals surface area (Å²) in [4.78, 5) is 24.7. The molecular weight excluding hydrogens is 612 g/mol. The number of allylic oxidation sites excluding steroid dienone is 2. The highest BCUT2D eigenvalue weighted by molar-refractivity contribution is 9.12. The second-order valence-electron chi connectivity index (χ2n) is 9.90. The van der Waals surface area contributed by atoms with Gasteiger partial charge < -0.3 is 9.94 Å². The predicted octanol–water partition coefficient (Wildman–Crippen LogP) is 7.91. The molecule has 1 aliphatic rings. The summed E-state index contributed by atoms with van der Waals surface area (Å²) in [7, 11) is 0. The van der Waals surface area contributed by atoms with Gasteiger partial charge in [0, 0.05) is 15.6 Å². The molecule has 12 heteroatoms. The molecule has 0 heterocycles. The molecule has 2 N–H and O–H groups in total. The van der Waals surface area contributed by atoms with E-state index in [0.29, 0.717) is 24.8 Å². The van der Waals surface area contributed by atoms with E-state index in [2.05, 4.69) is 26.4 Å². The molecule has 6 nitrogen and oxygen atoms in total. The van der Waals surface area contributed by atoms with Gasteiger partial charge in [-0.25, -0.2) is 4.79 Å². The molecule has 3 rings (SSSR count). The molecule has 1 aliphatic carbocycles. The van der Waals surface area contributed by atoms with E-state index in [1.807, 2.05) is 0 Å². The molecule has 0 bridgehead atoms. The Kier molecular flexibility index (Phi) is 8.90. The van der Waals surface area contributed by atoms with Crippen LogP contribution in [0.25, 0.3) is 5.57 Å². The minimum Gasteiger partial charge on any atom is -0.444 e. The lowest BCUT2D eigenvalue weighted by Gasteiger charge is -2.21. The van der Waals surface area contributed by atoms with E-state index in [-0.39, 0.29) is 26.9 Å². The molecule has 2 aromatic carbocycles. The van der Waals surface area contributed by atoms with E-state index < -0.39 is 39.2 Å². The Morgan fingerprint density at radius 3 is 2.05 bits per heavy atom. The molecule has 204 valence electrons. The van der Waals surface area contributed by atoms with Crippen LogP contribution in [0.5, 0.6) is 0 Å². The average Bonchev–Trinajstić information content (AvgIpc) is 3.53. The highest BCUT2D eigenvalue weighted by Crippen LogP contribution is 2.49. The fourth-order valence-corrected chi connectivity index (χ4v) is 5.08. The monoisotopic (exact) mass is 634 g/mol. The Morgan fingerprint density at radius 2 is 1.61 bits per heavy atom. The Balaban J connectivity index is 1.85. The Bertz CT molecular complexity index is 1280. The predicted molar refractivity (Wildman–Crippen MR) is 143 cm³/mol. The fourth-order valence-electron chi connectivity index (χ4n) is 3.79. The topological polar surface area (TPSA) is 88.0 Å². The number of ether oxygens (including phenoxy) is 1. The van der Waals surface area contributed by atoms with E-state index in [1.165, 1.54) is 18.2 Å². The lowest BCUT2D eigenvalue weighted by atomic mass is 9.94. The van der Waals surface area contributed by atoms with E-state index >= 15 is 0 Å². The molecule has 0 radical (unpaired) electrons. The smallest absolute Gasteiger partial charge is 0.418 e. The minimum absolute atomic E-state index is 0.00565. The molecule has 0 saturated heterocycles. The van der Waals surface area contributed by atoms with Gasteiger partial charge in [0.05, 0.1) is 15.5 Å². The molecule has 2 amide bonds. The van der Waals surface area contributed by atoms with Crippen LogP contribution in [0, 0.1) is 5.41 Å². The first kappa shape index (κ1) is 30.0. The summed E-state index contributed by atoms with van der Waals surface area (Å²) in [5.41, 5.74) is -2.45. The maximum Gasteiger partial charge on any atom is 0.418 e. The molecule has 1 fully saturated rings. The number of alkyl carbamates (subject to hydrolysis) is 1. The van der Waals surface area contributed by atoms with E-state index in [0.717, 1.165) is 12.1 Å². The third kappa shape index (κ3) is 7.51. The SMILES string of the molecule is CC(C)(C)OC(=O)NC(=O)C1(Cc2ccc(C(=N\O)/C(Br)=C(/c3cc(Cl)cc(Cl)c3)C(F)(F)F)cc2)CC1. The number of alkyl halides is 3. The minimum atomic E-state index is -4.84. The lowest BCUT2D eigenvalue weighted by Crippen LogP contribution is -2.41. The van der Waals surface area contributed by atoms with Crippen molar-refractivity contribution in [2.24, 2.45) is 10.6 Å². The first-order valence-electron chi connectivity index (χ1n) is 11.3. The summed E-state index contributed by atoms with van der Waals surface area (Å²) >= 11 is 14.8. The molecule has 0 aliphatic heterocycles. The maximum absolute atomic E-state index is 14.1. The Labute approximate surface area is 236 Å².